The van der Waals surface area contributed by atoms with Crippen LogP contribution in [0.15, 0.2) is 12.7 Å². The molecule has 0 aromatic heterocycles. The molecule has 0 atom stereocenters. The van der Waals surface area contributed by atoms with Crippen molar-refractivity contribution in [3.63, 3.8) is 0 Å². The highest BCUT2D eigenvalue weighted by molar-refractivity contribution is 4.76. The zero-order chi connectivity index (χ0) is 8.74. The zero-order valence-corrected chi connectivity index (χ0v) is 5.89. The maximum absolute atomic E-state index is 7.30. The van der Waals surface area contributed by atoms with Crippen LogP contribution in [0.5, 0.6) is 0 Å². The third kappa shape index (κ3) is 7.70. The monoisotopic (exact) mass is 129 g/mol. The van der Waals surface area contributed by atoms with Crippen LogP contribution in [-0.4, -0.2) is 6.56 Å². The van der Waals surface area contributed by atoms with Gasteiger partial charge in [-0.05, 0) is 6.42 Å². The van der Waals surface area contributed by atoms with Gasteiger partial charge in [0.15, 0.2) is 0 Å². The standard InChI is InChI=1S/C8H15O/c1-3-5-6-8-9-7-4-2/h4,7H,2-3,5-6,8H2,1H3/i8D2. The molecule has 0 aliphatic heterocycles. The lowest BCUT2D eigenvalue weighted by molar-refractivity contribution is 0.209. The summed E-state index contributed by atoms with van der Waals surface area (Å²) in [6.07, 6.45) is 3.70. The van der Waals surface area contributed by atoms with Gasteiger partial charge in [-0.3, -0.25) is 0 Å². The average molecular weight is 129 g/mol. The van der Waals surface area contributed by atoms with Crippen molar-refractivity contribution in [2.24, 2.45) is 0 Å². The van der Waals surface area contributed by atoms with E-state index in [1.807, 2.05) is 6.92 Å². The smallest absolute Gasteiger partial charge is 0.105 e. The molecule has 0 amide bonds. The summed E-state index contributed by atoms with van der Waals surface area (Å²) in [7, 11) is 0. The molecule has 0 aromatic rings. The highest BCUT2D eigenvalue weighted by atomic mass is 16.5. The van der Waals surface area contributed by atoms with Crippen molar-refractivity contribution in [1.29, 1.82) is 0 Å². The second kappa shape index (κ2) is 7.70. The molecule has 1 radical (unpaired) electrons. The summed E-state index contributed by atoms with van der Waals surface area (Å²) >= 11 is 0. The van der Waals surface area contributed by atoms with Crippen molar-refractivity contribution in [2.75, 3.05) is 6.56 Å². The summed E-state index contributed by atoms with van der Waals surface area (Å²) < 4.78 is 19.4. The Morgan fingerprint density at radius 1 is 1.67 bits per heavy atom. The Hall–Kier alpha value is -0.300. The van der Waals surface area contributed by atoms with Crippen molar-refractivity contribution in [1.82, 2.24) is 0 Å². The molecule has 0 aromatic carbocycles. The minimum absolute atomic E-state index is 0.438. The Bertz CT molecular complexity index is 113. The molecule has 1 nitrogen and oxygen atoms in total. The van der Waals surface area contributed by atoms with Gasteiger partial charge in [0.1, 0.15) is 6.61 Å². The van der Waals surface area contributed by atoms with Crippen molar-refractivity contribution in [3.8, 4) is 0 Å². The molecule has 0 rings (SSSR count). The summed E-state index contributed by atoms with van der Waals surface area (Å²) in [6, 6.07) is 0. The molecule has 1 heteroatoms. The minimum Gasteiger partial charge on any atom is -0.371 e. The summed E-state index contributed by atoms with van der Waals surface area (Å²) in [4.78, 5) is 0. The fourth-order valence-electron chi connectivity index (χ4n) is 0.404. The SMILES string of the molecule is [2H]C([2H])(CCCC)O[CH]C=C. The maximum atomic E-state index is 7.30. The van der Waals surface area contributed by atoms with Gasteiger partial charge in [0.25, 0.3) is 0 Å². The number of hydrogen-bond donors (Lipinski definition) is 0. The Morgan fingerprint density at radius 3 is 3.00 bits per heavy atom. The van der Waals surface area contributed by atoms with Crippen molar-refractivity contribution in [3.05, 3.63) is 19.3 Å². The van der Waals surface area contributed by atoms with Gasteiger partial charge in [0.2, 0.25) is 0 Å². The molecular formula is C8H15O. The number of rotatable bonds is 6. The lowest BCUT2D eigenvalue weighted by Crippen LogP contribution is -1.88. The van der Waals surface area contributed by atoms with E-state index in [0.29, 0.717) is 6.42 Å². The minimum atomic E-state index is -1.52. The molecule has 0 spiro atoms. The van der Waals surface area contributed by atoms with Crippen LogP contribution >= 0.6 is 0 Å². The molecule has 0 fully saturated rings. The average Bonchev–Trinajstić information content (AvgIpc) is 1.97. The molecule has 0 saturated heterocycles. The molecule has 53 valence electrons. The molecule has 0 unspecified atom stereocenters. The Morgan fingerprint density at radius 2 is 2.44 bits per heavy atom. The van der Waals surface area contributed by atoms with Gasteiger partial charge in [-0.25, -0.2) is 0 Å². The maximum Gasteiger partial charge on any atom is 0.105 e. The van der Waals surface area contributed by atoms with E-state index in [9.17, 15) is 0 Å². The number of ether oxygens (including phenoxy) is 1. The van der Waals surface area contributed by atoms with Crippen molar-refractivity contribution < 1.29 is 7.48 Å². The van der Waals surface area contributed by atoms with Gasteiger partial charge >= 0.3 is 0 Å². The molecule has 0 saturated carbocycles. The summed E-state index contributed by atoms with van der Waals surface area (Å²) in [5, 5.41) is 0. The topological polar surface area (TPSA) is 9.23 Å². The van der Waals surface area contributed by atoms with E-state index in [1.54, 1.807) is 0 Å². The number of unbranched alkanes of at least 4 members (excludes halogenated alkanes) is 1. The van der Waals surface area contributed by atoms with Crippen molar-refractivity contribution in [2.45, 2.75) is 26.2 Å². The largest absolute Gasteiger partial charge is 0.371 e. The molecule has 0 N–H and O–H groups in total. The van der Waals surface area contributed by atoms with Crippen LogP contribution in [0.1, 0.15) is 28.9 Å². The molecular weight excluding hydrogens is 112 g/mol. The van der Waals surface area contributed by atoms with Crippen LogP contribution in [0.4, 0.5) is 0 Å². The van der Waals surface area contributed by atoms with Crippen LogP contribution in [0.3, 0.4) is 0 Å². The highest BCUT2D eigenvalue weighted by Crippen LogP contribution is 1.94. The van der Waals surface area contributed by atoms with Crippen LogP contribution < -0.4 is 0 Å². The summed E-state index contributed by atoms with van der Waals surface area (Å²) in [5.41, 5.74) is 0. The first kappa shape index (κ1) is 5.48. The van der Waals surface area contributed by atoms with Crippen LogP contribution in [0.25, 0.3) is 0 Å². The van der Waals surface area contributed by atoms with Crippen molar-refractivity contribution >= 4 is 0 Å². The quantitative estimate of drug-likeness (QED) is 0.535. The fraction of sp³-hybridized carbons (Fsp3) is 0.625. The third-order valence-electron chi connectivity index (χ3n) is 0.880. The second-order valence-electron chi connectivity index (χ2n) is 1.74. The predicted molar refractivity (Wildman–Crippen MR) is 40.0 cm³/mol. The highest BCUT2D eigenvalue weighted by Gasteiger charge is 1.83. The molecule has 0 aliphatic carbocycles. The van der Waals surface area contributed by atoms with E-state index in [4.69, 9.17) is 7.48 Å². The molecule has 0 bridgehead atoms. The molecule has 0 aliphatic rings. The van der Waals surface area contributed by atoms with Crippen LogP contribution in [0, 0.1) is 6.61 Å². The Balaban J connectivity index is 3.51. The van der Waals surface area contributed by atoms with Crippen LogP contribution in [0.2, 0.25) is 0 Å². The molecule has 9 heavy (non-hydrogen) atoms. The molecule has 0 heterocycles. The van der Waals surface area contributed by atoms with Gasteiger partial charge in [-0.2, -0.15) is 0 Å². The fourth-order valence-corrected chi connectivity index (χ4v) is 0.404. The van der Waals surface area contributed by atoms with Gasteiger partial charge in [-0.15, -0.1) is 6.58 Å². The predicted octanol–water partition coefficient (Wildman–Crippen LogP) is 2.54. The second-order valence-corrected chi connectivity index (χ2v) is 1.74. The summed E-state index contributed by atoms with van der Waals surface area (Å²) in [5.74, 6) is 0. The van der Waals surface area contributed by atoms with E-state index < -0.39 is 6.56 Å². The van der Waals surface area contributed by atoms with E-state index in [0.717, 1.165) is 12.8 Å². The Kier molecular flexibility index (Phi) is 4.69. The first-order valence-electron chi connectivity index (χ1n) is 4.24. The lowest BCUT2D eigenvalue weighted by atomic mass is 10.3. The van der Waals surface area contributed by atoms with Gasteiger partial charge < -0.3 is 4.74 Å². The van der Waals surface area contributed by atoms with E-state index in [1.165, 1.54) is 12.7 Å². The third-order valence-corrected chi connectivity index (χ3v) is 0.880. The lowest BCUT2D eigenvalue weighted by Gasteiger charge is -1.96. The van der Waals surface area contributed by atoms with E-state index in [-0.39, 0.29) is 0 Å². The van der Waals surface area contributed by atoms with Gasteiger partial charge in [0.05, 0.1) is 2.74 Å². The van der Waals surface area contributed by atoms with Crippen LogP contribution in [-0.2, 0) is 4.74 Å². The first-order chi connectivity index (χ1) is 5.12. The number of hydrogen-bond acceptors (Lipinski definition) is 1. The normalized spacial score (nSPS) is 14.3. The van der Waals surface area contributed by atoms with Gasteiger partial charge in [0, 0.05) is 6.56 Å². The Labute approximate surface area is 60.5 Å². The first-order valence-corrected chi connectivity index (χ1v) is 3.24. The van der Waals surface area contributed by atoms with Gasteiger partial charge in [-0.1, -0.05) is 25.8 Å². The summed E-state index contributed by atoms with van der Waals surface area (Å²) in [6.45, 7) is 5.18. The zero-order valence-electron chi connectivity index (χ0n) is 7.89. The van der Waals surface area contributed by atoms with E-state index in [2.05, 4.69) is 6.58 Å². The van der Waals surface area contributed by atoms with E-state index >= 15 is 0 Å².